The zero-order chi connectivity index (χ0) is 20.7. The maximum Gasteiger partial charge on any atom is 0.241 e. The van der Waals surface area contributed by atoms with Crippen molar-refractivity contribution in [1.82, 2.24) is 20.4 Å². The van der Waals surface area contributed by atoms with E-state index >= 15 is 0 Å². The normalized spacial score (nSPS) is 11.4. The van der Waals surface area contributed by atoms with E-state index in [0.717, 1.165) is 35.3 Å². The minimum absolute atomic E-state index is 0.0272. The summed E-state index contributed by atoms with van der Waals surface area (Å²) >= 11 is 0. The lowest BCUT2D eigenvalue weighted by Gasteiger charge is -2.20. The topological polar surface area (TPSA) is 58.9 Å². The van der Waals surface area contributed by atoms with E-state index in [1.165, 1.54) is 0 Å². The van der Waals surface area contributed by atoms with E-state index in [1.807, 2.05) is 42.6 Å². The van der Waals surface area contributed by atoms with Crippen molar-refractivity contribution in [3.05, 3.63) is 66.9 Å². The number of hydrogen-bond donors (Lipinski definition) is 2. The summed E-state index contributed by atoms with van der Waals surface area (Å²) in [4.78, 5) is 12.5. The Balaban J connectivity index is 1.71. The van der Waals surface area contributed by atoms with E-state index in [-0.39, 0.29) is 18.0 Å². The fourth-order valence-corrected chi connectivity index (χ4v) is 3.21. The van der Waals surface area contributed by atoms with Gasteiger partial charge in [-0.3, -0.25) is 9.48 Å². The van der Waals surface area contributed by atoms with Gasteiger partial charge in [0, 0.05) is 23.2 Å². The first-order valence-corrected chi connectivity index (χ1v) is 10.1. The number of benzene rings is 2. The Hall–Kier alpha value is -2.92. The van der Waals surface area contributed by atoms with Gasteiger partial charge in [0.1, 0.15) is 6.54 Å². The van der Waals surface area contributed by atoms with Gasteiger partial charge in [0.05, 0.1) is 11.9 Å². The van der Waals surface area contributed by atoms with Crippen LogP contribution >= 0.6 is 0 Å². The van der Waals surface area contributed by atoms with Crippen LogP contribution in [0.5, 0.6) is 0 Å². The lowest BCUT2D eigenvalue weighted by molar-refractivity contribution is -0.121. The highest BCUT2D eigenvalue weighted by atomic mass is 16.2. The molecule has 0 radical (unpaired) electrons. The van der Waals surface area contributed by atoms with E-state index in [9.17, 15) is 4.79 Å². The minimum Gasteiger partial charge on any atom is -0.354 e. The molecule has 1 aromatic heterocycles. The second-order valence-electron chi connectivity index (χ2n) is 8.18. The molecular formula is C24H30N4O. The highest BCUT2D eigenvalue weighted by Crippen LogP contribution is 2.31. The number of carbonyl (C=O) groups is 1. The molecule has 0 unspecified atom stereocenters. The van der Waals surface area contributed by atoms with Crippen molar-refractivity contribution in [3.8, 4) is 22.4 Å². The van der Waals surface area contributed by atoms with E-state index in [4.69, 9.17) is 0 Å². The Kier molecular flexibility index (Phi) is 6.83. The summed E-state index contributed by atoms with van der Waals surface area (Å²) in [5.41, 5.74) is 4.22. The summed E-state index contributed by atoms with van der Waals surface area (Å²) in [6.45, 7) is 8.13. The van der Waals surface area contributed by atoms with Crippen molar-refractivity contribution in [2.24, 2.45) is 0 Å². The Morgan fingerprint density at radius 3 is 2.17 bits per heavy atom. The van der Waals surface area contributed by atoms with E-state index in [2.05, 4.69) is 60.8 Å². The van der Waals surface area contributed by atoms with Crippen molar-refractivity contribution >= 4 is 5.91 Å². The molecule has 0 saturated heterocycles. The lowest BCUT2D eigenvalue weighted by atomic mass is 10.0. The molecule has 1 amide bonds. The molecule has 2 aromatic carbocycles. The Bertz CT molecular complexity index is 911. The number of hydrogen-bond acceptors (Lipinski definition) is 3. The predicted molar refractivity (Wildman–Crippen MR) is 118 cm³/mol. The zero-order valence-electron chi connectivity index (χ0n) is 17.5. The van der Waals surface area contributed by atoms with Crippen molar-refractivity contribution in [1.29, 1.82) is 0 Å². The van der Waals surface area contributed by atoms with Crippen LogP contribution in [0, 0.1) is 0 Å². The van der Waals surface area contributed by atoms with Crippen LogP contribution in [0.25, 0.3) is 22.4 Å². The fraction of sp³-hybridized carbons (Fsp3) is 0.333. The first kappa shape index (κ1) is 20.8. The molecule has 0 fully saturated rings. The molecule has 0 spiro atoms. The van der Waals surface area contributed by atoms with Gasteiger partial charge in [-0.1, -0.05) is 60.7 Å². The number of nitrogens with zero attached hydrogens (tertiary/aromatic N) is 2. The third-order valence-corrected chi connectivity index (χ3v) is 4.60. The average Bonchev–Trinajstić information content (AvgIpc) is 3.11. The SMILES string of the molecule is CC(C)(C)NCCCNC(=O)Cn1ncc(-c2ccccc2)c1-c1ccccc1. The molecule has 3 aromatic rings. The number of rotatable bonds is 8. The third-order valence-electron chi connectivity index (χ3n) is 4.60. The van der Waals surface area contributed by atoms with Crippen molar-refractivity contribution in [2.75, 3.05) is 13.1 Å². The van der Waals surface area contributed by atoms with Crippen LogP contribution in [0.3, 0.4) is 0 Å². The maximum atomic E-state index is 12.5. The molecular weight excluding hydrogens is 360 g/mol. The fourth-order valence-electron chi connectivity index (χ4n) is 3.21. The van der Waals surface area contributed by atoms with Crippen LogP contribution in [0.1, 0.15) is 27.2 Å². The first-order valence-electron chi connectivity index (χ1n) is 10.1. The van der Waals surface area contributed by atoms with Gasteiger partial charge in [0.2, 0.25) is 5.91 Å². The first-order chi connectivity index (χ1) is 13.9. The molecule has 0 atom stereocenters. The summed E-state index contributed by atoms with van der Waals surface area (Å²) in [5, 5.41) is 11.0. The summed E-state index contributed by atoms with van der Waals surface area (Å²) in [6, 6.07) is 20.3. The molecule has 1 heterocycles. The molecule has 5 heteroatoms. The van der Waals surface area contributed by atoms with Gasteiger partial charge in [-0.2, -0.15) is 5.10 Å². The smallest absolute Gasteiger partial charge is 0.241 e. The standard InChI is InChI=1S/C24H30N4O/c1-24(2,3)26-16-10-15-25-22(29)18-28-23(20-13-8-5-9-14-20)21(17-27-28)19-11-6-4-7-12-19/h4-9,11-14,17,26H,10,15-16,18H2,1-3H3,(H,25,29). The minimum atomic E-state index is -0.0272. The Labute approximate surface area is 173 Å². The van der Waals surface area contributed by atoms with Gasteiger partial charge in [0.15, 0.2) is 0 Å². The lowest BCUT2D eigenvalue weighted by Crippen LogP contribution is -2.38. The summed E-state index contributed by atoms with van der Waals surface area (Å²) in [5.74, 6) is -0.0272. The van der Waals surface area contributed by atoms with Gasteiger partial charge in [-0.25, -0.2) is 0 Å². The van der Waals surface area contributed by atoms with E-state index in [0.29, 0.717) is 6.54 Å². The van der Waals surface area contributed by atoms with Crippen LogP contribution in [-0.4, -0.2) is 34.3 Å². The second kappa shape index (κ2) is 9.52. The monoisotopic (exact) mass is 390 g/mol. The van der Waals surface area contributed by atoms with Crippen molar-refractivity contribution < 1.29 is 4.79 Å². The molecule has 0 saturated carbocycles. The molecule has 0 aliphatic carbocycles. The molecule has 0 aliphatic rings. The molecule has 0 bridgehead atoms. The van der Waals surface area contributed by atoms with Gasteiger partial charge >= 0.3 is 0 Å². The molecule has 152 valence electrons. The predicted octanol–water partition coefficient (Wildman–Crippen LogP) is 4.11. The van der Waals surface area contributed by atoms with Crippen molar-refractivity contribution in [3.63, 3.8) is 0 Å². The van der Waals surface area contributed by atoms with E-state index < -0.39 is 0 Å². The molecule has 5 nitrogen and oxygen atoms in total. The molecule has 2 N–H and O–H groups in total. The number of aromatic nitrogens is 2. The zero-order valence-corrected chi connectivity index (χ0v) is 17.5. The Morgan fingerprint density at radius 1 is 0.931 bits per heavy atom. The second-order valence-corrected chi connectivity index (χ2v) is 8.18. The van der Waals surface area contributed by atoms with Crippen LogP contribution in [0.2, 0.25) is 0 Å². The van der Waals surface area contributed by atoms with Gasteiger partial charge in [0.25, 0.3) is 0 Å². The summed E-state index contributed by atoms with van der Waals surface area (Å²) < 4.78 is 1.79. The third kappa shape index (κ3) is 6.03. The van der Waals surface area contributed by atoms with Crippen LogP contribution in [-0.2, 0) is 11.3 Å². The molecule has 0 aliphatic heterocycles. The summed E-state index contributed by atoms with van der Waals surface area (Å²) in [7, 11) is 0. The van der Waals surface area contributed by atoms with Crippen LogP contribution in [0.15, 0.2) is 66.9 Å². The quantitative estimate of drug-likeness (QED) is 0.569. The highest BCUT2D eigenvalue weighted by Gasteiger charge is 2.16. The van der Waals surface area contributed by atoms with Crippen LogP contribution < -0.4 is 10.6 Å². The summed E-state index contributed by atoms with van der Waals surface area (Å²) in [6.07, 6.45) is 2.74. The van der Waals surface area contributed by atoms with Crippen LogP contribution in [0.4, 0.5) is 0 Å². The number of carbonyl (C=O) groups excluding carboxylic acids is 1. The Morgan fingerprint density at radius 2 is 1.55 bits per heavy atom. The van der Waals surface area contributed by atoms with Crippen molar-refractivity contribution in [2.45, 2.75) is 39.3 Å². The number of amides is 1. The van der Waals surface area contributed by atoms with E-state index in [1.54, 1.807) is 4.68 Å². The highest BCUT2D eigenvalue weighted by molar-refractivity contribution is 5.82. The maximum absolute atomic E-state index is 12.5. The van der Waals surface area contributed by atoms with Gasteiger partial charge in [-0.05, 0) is 39.3 Å². The average molecular weight is 391 g/mol. The van der Waals surface area contributed by atoms with Gasteiger partial charge in [-0.15, -0.1) is 0 Å². The van der Waals surface area contributed by atoms with Gasteiger partial charge < -0.3 is 10.6 Å². The molecule has 29 heavy (non-hydrogen) atoms. The molecule has 3 rings (SSSR count). The largest absolute Gasteiger partial charge is 0.354 e. The number of nitrogens with one attached hydrogen (secondary N) is 2.